The van der Waals surface area contributed by atoms with E-state index >= 15 is 0 Å². The Kier molecular flexibility index (Phi) is 8.90. The van der Waals surface area contributed by atoms with Crippen molar-refractivity contribution in [1.82, 2.24) is 9.80 Å². The van der Waals surface area contributed by atoms with E-state index < -0.39 is 29.1 Å². The molecule has 1 aromatic carbocycles. The standard InChI is InChI=1S/C32H45N3O5/c1-7-17-33(22(3)4)30(39)27-32-21-23(5)31(6,40-32)25(26(32)29(38)35(27)19-13-10-14-20-36)28(37)34(18-8-2)24-15-11-9-12-16-24/h7-9,11-12,15-16,22-23,25-27,36H,1-2,10,13-14,17-21H2,3-6H3/t23?,25-,26-,27?,31+,32?/m0/s1. The van der Waals surface area contributed by atoms with Crippen LogP contribution in [0.5, 0.6) is 0 Å². The average Bonchev–Trinajstić information content (AvgIpc) is 3.44. The first-order chi connectivity index (χ1) is 19.1. The third-order valence-corrected chi connectivity index (χ3v) is 9.25. The molecule has 8 nitrogen and oxygen atoms in total. The molecule has 1 aromatic rings. The zero-order chi connectivity index (χ0) is 29.2. The highest BCUT2D eigenvalue weighted by Crippen LogP contribution is 2.65. The Morgan fingerprint density at radius 3 is 2.40 bits per heavy atom. The van der Waals surface area contributed by atoms with E-state index in [0.29, 0.717) is 38.9 Å². The van der Waals surface area contributed by atoms with Gasteiger partial charge in [0.25, 0.3) is 0 Å². The number of likely N-dealkylation sites (tertiary alicyclic amines) is 1. The van der Waals surface area contributed by atoms with Gasteiger partial charge in [0, 0.05) is 38.0 Å². The predicted octanol–water partition coefficient (Wildman–Crippen LogP) is 3.80. The monoisotopic (exact) mass is 551 g/mol. The van der Waals surface area contributed by atoms with Gasteiger partial charge in [-0.05, 0) is 64.5 Å². The Labute approximate surface area is 238 Å². The molecule has 3 aliphatic heterocycles. The van der Waals surface area contributed by atoms with E-state index in [1.807, 2.05) is 51.1 Å². The van der Waals surface area contributed by atoms with Gasteiger partial charge in [-0.2, -0.15) is 0 Å². The molecule has 1 spiro atoms. The summed E-state index contributed by atoms with van der Waals surface area (Å²) in [6, 6.07) is 8.49. The van der Waals surface area contributed by atoms with Crippen LogP contribution >= 0.6 is 0 Å². The highest BCUT2D eigenvalue weighted by Gasteiger charge is 2.80. The molecule has 3 fully saturated rings. The summed E-state index contributed by atoms with van der Waals surface area (Å²) >= 11 is 0. The van der Waals surface area contributed by atoms with Crippen molar-refractivity contribution in [2.24, 2.45) is 17.8 Å². The maximum absolute atomic E-state index is 14.5. The predicted molar refractivity (Wildman–Crippen MR) is 155 cm³/mol. The number of hydrogen-bond acceptors (Lipinski definition) is 5. The summed E-state index contributed by atoms with van der Waals surface area (Å²) in [5.74, 6) is -2.08. The minimum Gasteiger partial charge on any atom is -0.396 e. The lowest BCUT2D eigenvalue weighted by Crippen LogP contribution is -2.58. The van der Waals surface area contributed by atoms with Gasteiger partial charge >= 0.3 is 0 Å². The van der Waals surface area contributed by atoms with Crippen LogP contribution in [0.4, 0.5) is 5.69 Å². The van der Waals surface area contributed by atoms with Crippen LogP contribution < -0.4 is 4.90 Å². The summed E-state index contributed by atoms with van der Waals surface area (Å²) in [6.07, 6.45) is 5.93. The van der Waals surface area contributed by atoms with Crippen LogP contribution in [0.15, 0.2) is 55.6 Å². The van der Waals surface area contributed by atoms with Crippen molar-refractivity contribution in [3.63, 3.8) is 0 Å². The second-order valence-electron chi connectivity index (χ2n) is 12.0. The van der Waals surface area contributed by atoms with Crippen molar-refractivity contribution in [3.8, 4) is 0 Å². The van der Waals surface area contributed by atoms with E-state index in [2.05, 4.69) is 20.1 Å². The molecule has 3 saturated heterocycles. The quantitative estimate of drug-likeness (QED) is 0.298. The van der Waals surface area contributed by atoms with Gasteiger partial charge in [0.05, 0.1) is 17.4 Å². The van der Waals surface area contributed by atoms with E-state index in [1.165, 1.54) is 0 Å². The van der Waals surface area contributed by atoms with Gasteiger partial charge < -0.3 is 24.5 Å². The number of anilines is 1. The number of rotatable bonds is 13. The van der Waals surface area contributed by atoms with Gasteiger partial charge in [0.1, 0.15) is 11.6 Å². The molecule has 0 saturated carbocycles. The number of ether oxygens (including phenoxy) is 1. The molecule has 3 heterocycles. The molecular formula is C32H45N3O5. The number of fused-ring (bicyclic) bond motifs is 1. The fourth-order valence-electron chi connectivity index (χ4n) is 7.28. The van der Waals surface area contributed by atoms with E-state index in [0.717, 1.165) is 12.1 Å². The SMILES string of the molecule is C=CCN(C(=O)[C@@H]1[C@H]2C(=O)N(CCCCCO)C(C(=O)N(CC=C)C(C)C)C23CC(C)[C@@]1(C)O3)c1ccccc1. The lowest BCUT2D eigenvalue weighted by molar-refractivity contribution is -0.153. The van der Waals surface area contributed by atoms with Crippen molar-refractivity contribution in [1.29, 1.82) is 0 Å². The molecule has 40 heavy (non-hydrogen) atoms. The van der Waals surface area contributed by atoms with Crippen LogP contribution in [0, 0.1) is 17.8 Å². The fraction of sp³-hybridized carbons (Fsp3) is 0.594. The van der Waals surface area contributed by atoms with Crippen LogP contribution in [-0.2, 0) is 19.1 Å². The van der Waals surface area contributed by atoms with Crippen molar-refractivity contribution in [2.75, 3.05) is 31.1 Å². The zero-order valence-electron chi connectivity index (χ0n) is 24.4. The van der Waals surface area contributed by atoms with Crippen LogP contribution in [0.3, 0.4) is 0 Å². The first-order valence-corrected chi connectivity index (χ1v) is 14.6. The van der Waals surface area contributed by atoms with Crippen molar-refractivity contribution in [3.05, 3.63) is 55.6 Å². The van der Waals surface area contributed by atoms with Crippen LogP contribution in [0.25, 0.3) is 0 Å². The minimum atomic E-state index is -1.09. The van der Waals surface area contributed by atoms with Crippen LogP contribution in [0.1, 0.15) is 53.4 Å². The summed E-state index contributed by atoms with van der Waals surface area (Å²) in [5, 5.41) is 9.28. The van der Waals surface area contributed by atoms with E-state index in [9.17, 15) is 19.5 Å². The molecule has 4 rings (SSSR count). The highest BCUT2D eigenvalue weighted by atomic mass is 16.5. The summed E-state index contributed by atoms with van der Waals surface area (Å²) in [4.78, 5) is 48.3. The Morgan fingerprint density at radius 2 is 1.80 bits per heavy atom. The molecule has 1 N–H and O–H groups in total. The molecule has 6 atom stereocenters. The van der Waals surface area contributed by atoms with Gasteiger partial charge in [-0.15, -0.1) is 13.2 Å². The lowest BCUT2D eigenvalue weighted by atomic mass is 9.62. The molecule has 8 heteroatoms. The zero-order valence-corrected chi connectivity index (χ0v) is 24.4. The molecule has 0 aliphatic carbocycles. The summed E-state index contributed by atoms with van der Waals surface area (Å²) in [6.45, 7) is 16.7. The van der Waals surface area contributed by atoms with Gasteiger partial charge in [-0.25, -0.2) is 0 Å². The van der Waals surface area contributed by atoms with Crippen LogP contribution in [-0.4, -0.2) is 82.2 Å². The summed E-state index contributed by atoms with van der Waals surface area (Å²) < 4.78 is 6.90. The van der Waals surface area contributed by atoms with E-state index in [4.69, 9.17) is 4.74 Å². The third kappa shape index (κ3) is 4.79. The first-order valence-electron chi connectivity index (χ1n) is 14.6. The van der Waals surface area contributed by atoms with Gasteiger partial charge in [0.2, 0.25) is 17.7 Å². The Bertz CT molecular complexity index is 1120. The van der Waals surface area contributed by atoms with Gasteiger partial charge in [-0.3, -0.25) is 14.4 Å². The third-order valence-electron chi connectivity index (χ3n) is 9.25. The number of aliphatic hydroxyl groups excluding tert-OH is 1. The number of hydrogen-bond donors (Lipinski definition) is 1. The van der Waals surface area contributed by atoms with E-state index in [1.54, 1.807) is 26.9 Å². The van der Waals surface area contributed by atoms with E-state index in [-0.39, 0.29) is 36.3 Å². The normalized spacial score (nSPS) is 30.4. The number of carbonyl (C=O) groups excluding carboxylic acids is 3. The highest BCUT2D eigenvalue weighted by molar-refractivity contribution is 6.03. The van der Waals surface area contributed by atoms with Crippen LogP contribution in [0.2, 0.25) is 0 Å². The number of benzene rings is 1. The number of para-hydroxylation sites is 1. The molecule has 3 aliphatic rings. The Morgan fingerprint density at radius 1 is 1.12 bits per heavy atom. The van der Waals surface area contributed by atoms with Crippen molar-refractivity contribution < 1.29 is 24.2 Å². The largest absolute Gasteiger partial charge is 0.396 e. The number of aliphatic hydroxyl groups is 1. The number of unbranched alkanes of at least 4 members (excludes halogenated alkanes) is 2. The molecule has 3 unspecified atom stereocenters. The van der Waals surface area contributed by atoms with Gasteiger partial charge in [0.15, 0.2) is 0 Å². The Balaban J connectivity index is 1.80. The van der Waals surface area contributed by atoms with Crippen molar-refractivity contribution in [2.45, 2.75) is 76.7 Å². The molecule has 0 aromatic heterocycles. The minimum absolute atomic E-state index is 0.0385. The first kappa shape index (κ1) is 30.0. The second kappa shape index (κ2) is 11.9. The summed E-state index contributed by atoms with van der Waals surface area (Å²) in [7, 11) is 0. The lowest BCUT2D eigenvalue weighted by Gasteiger charge is -2.39. The maximum atomic E-state index is 14.5. The fourth-order valence-corrected chi connectivity index (χ4v) is 7.28. The topological polar surface area (TPSA) is 90.4 Å². The smallest absolute Gasteiger partial charge is 0.248 e. The molecule has 0 radical (unpaired) electrons. The number of carbonyl (C=O) groups is 3. The van der Waals surface area contributed by atoms with Gasteiger partial charge in [-0.1, -0.05) is 37.3 Å². The molecular weight excluding hydrogens is 506 g/mol. The van der Waals surface area contributed by atoms with Crippen molar-refractivity contribution >= 4 is 23.4 Å². The average molecular weight is 552 g/mol. The Hall–Kier alpha value is -2.97. The number of amides is 3. The molecule has 2 bridgehead atoms. The number of nitrogens with zero attached hydrogens (tertiary/aromatic N) is 3. The maximum Gasteiger partial charge on any atom is 0.248 e. The summed E-state index contributed by atoms with van der Waals surface area (Å²) in [5.41, 5.74) is -1.25. The molecule has 218 valence electrons. The molecule has 3 amide bonds. The second-order valence-corrected chi connectivity index (χ2v) is 12.0.